The highest BCUT2D eigenvalue weighted by molar-refractivity contribution is 6.30. The Hall–Kier alpha value is -1.68. The smallest absolute Gasteiger partial charge is 0.106 e. The second kappa shape index (κ2) is 12.9. The molecule has 1 heterocycles. The van der Waals surface area contributed by atoms with Crippen molar-refractivity contribution in [3.63, 3.8) is 0 Å². The van der Waals surface area contributed by atoms with Gasteiger partial charge in [-0.15, -0.1) is 0 Å². The van der Waals surface area contributed by atoms with Gasteiger partial charge in [-0.25, -0.2) is 0 Å². The van der Waals surface area contributed by atoms with Gasteiger partial charge in [-0.3, -0.25) is 10.2 Å². The lowest BCUT2D eigenvalue weighted by molar-refractivity contribution is -0.0980. The second-order valence-corrected chi connectivity index (χ2v) is 11.3. The first-order valence-corrected chi connectivity index (χ1v) is 13.1. The number of nitrogens with zero attached hydrogens (tertiary/aromatic N) is 1. The van der Waals surface area contributed by atoms with E-state index >= 15 is 0 Å². The Balaban J connectivity index is 0.00000199. The third-order valence-electron chi connectivity index (χ3n) is 7.62. The van der Waals surface area contributed by atoms with E-state index in [9.17, 15) is 0 Å². The van der Waals surface area contributed by atoms with Crippen LogP contribution in [0.4, 0.5) is 0 Å². The van der Waals surface area contributed by atoms with E-state index in [2.05, 4.69) is 93.9 Å². The van der Waals surface area contributed by atoms with Gasteiger partial charge in [0.15, 0.2) is 0 Å². The van der Waals surface area contributed by atoms with Crippen LogP contribution in [0.1, 0.15) is 84.7 Å². The van der Waals surface area contributed by atoms with Crippen LogP contribution in [0.2, 0.25) is 0 Å². The molecule has 0 bridgehead atoms. The van der Waals surface area contributed by atoms with Crippen molar-refractivity contribution in [3.05, 3.63) is 71.3 Å². The van der Waals surface area contributed by atoms with Gasteiger partial charge in [0.2, 0.25) is 0 Å². The molecule has 34 heavy (non-hydrogen) atoms. The number of carbonyl (C=O) groups is 1. The summed E-state index contributed by atoms with van der Waals surface area (Å²) < 4.78 is 0. The number of rotatable bonds is 7. The van der Waals surface area contributed by atoms with Crippen molar-refractivity contribution in [3.8, 4) is 0 Å². The number of allylic oxidation sites excluding steroid dienone is 3. The van der Waals surface area contributed by atoms with Crippen molar-refractivity contribution in [2.24, 2.45) is 11.3 Å². The van der Waals surface area contributed by atoms with Gasteiger partial charge < -0.3 is 4.79 Å². The molecule has 1 aromatic rings. The Bertz CT molecular complexity index is 831. The van der Waals surface area contributed by atoms with Crippen LogP contribution in [-0.2, 0) is 4.79 Å². The average molecular weight is 485 g/mol. The molecule has 2 fully saturated rings. The van der Waals surface area contributed by atoms with Crippen molar-refractivity contribution in [2.75, 3.05) is 6.54 Å². The molecule has 1 aliphatic carbocycles. The summed E-state index contributed by atoms with van der Waals surface area (Å²) in [5.41, 5.74) is 3.08. The lowest BCUT2D eigenvalue weighted by Crippen LogP contribution is -2.56. The van der Waals surface area contributed by atoms with Gasteiger partial charge >= 0.3 is 0 Å². The monoisotopic (exact) mass is 484 g/mol. The highest BCUT2D eigenvalue weighted by Gasteiger charge is 2.50. The molecule has 1 spiro atoms. The van der Waals surface area contributed by atoms with Gasteiger partial charge in [0.25, 0.3) is 0 Å². The number of nitrogens with one attached hydrogen (secondary N) is 1. The molecule has 1 N–H and O–H groups in total. The summed E-state index contributed by atoms with van der Waals surface area (Å²) in [6, 6.07) is 11.8. The van der Waals surface area contributed by atoms with E-state index in [1.807, 2.05) is 12.9 Å². The zero-order valence-corrected chi connectivity index (χ0v) is 22.7. The van der Waals surface area contributed by atoms with Gasteiger partial charge in [-0.2, -0.15) is 0 Å². The lowest BCUT2D eigenvalue weighted by Gasteiger charge is -2.49. The molecule has 3 rings (SSSR count). The maximum absolute atomic E-state index is 8.00. The summed E-state index contributed by atoms with van der Waals surface area (Å²) in [7, 11) is 0. The summed E-state index contributed by atoms with van der Waals surface area (Å²) in [6.07, 6.45) is 13.6. The highest BCUT2D eigenvalue weighted by atomic mass is 35.5. The van der Waals surface area contributed by atoms with E-state index < -0.39 is 0 Å². The Kier molecular flexibility index (Phi) is 10.8. The van der Waals surface area contributed by atoms with Gasteiger partial charge in [0.1, 0.15) is 6.79 Å². The topological polar surface area (TPSA) is 32.3 Å². The number of carbonyl (C=O) groups excluding carboxylic acids is 1. The first kappa shape index (κ1) is 28.6. The molecule has 4 heteroatoms. The first-order valence-electron chi connectivity index (χ1n) is 12.8. The molecule has 2 aliphatic rings. The van der Waals surface area contributed by atoms with E-state index in [1.165, 1.54) is 49.7 Å². The highest BCUT2D eigenvalue weighted by Crippen LogP contribution is 2.48. The molecule has 2 atom stereocenters. The number of hydrogen-bond acceptors (Lipinski definition) is 3. The van der Waals surface area contributed by atoms with Crippen LogP contribution in [0, 0.1) is 11.3 Å². The Morgan fingerprint density at radius 3 is 2.35 bits per heavy atom. The Morgan fingerprint density at radius 1 is 1.24 bits per heavy atom. The molecular formula is C30H45ClN2O. The quantitative estimate of drug-likeness (QED) is 0.400. The number of benzene rings is 1. The number of halogens is 1. The Labute approximate surface area is 213 Å². The fourth-order valence-corrected chi connectivity index (χ4v) is 6.05. The van der Waals surface area contributed by atoms with Gasteiger partial charge in [-0.1, -0.05) is 94.8 Å². The minimum absolute atomic E-state index is 0.0381. The summed E-state index contributed by atoms with van der Waals surface area (Å²) in [5.74, 6) is 0.783. The summed E-state index contributed by atoms with van der Waals surface area (Å²) >= 11 is 6.23. The minimum Gasteiger partial charge on any atom is -0.307 e. The van der Waals surface area contributed by atoms with Crippen LogP contribution in [0.3, 0.4) is 0 Å². The van der Waals surface area contributed by atoms with E-state index in [0.717, 1.165) is 12.5 Å². The van der Waals surface area contributed by atoms with Gasteiger partial charge in [-0.05, 0) is 67.6 Å². The van der Waals surface area contributed by atoms with Gasteiger partial charge in [0.05, 0.1) is 5.66 Å². The minimum atomic E-state index is 0.0381. The van der Waals surface area contributed by atoms with Crippen molar-refractivity contribution in [2.45, 2.75) is 90.9 Å². The largest absolute Gasteiger partial charge is 0.307 e. The zero-order chi connectivity index (χ0) is 25.4. The molecular weight excluding hydrogens is 440 g/mol. The SMILES string of the molecule is C=C(Cl)/C=C(\C=C/C)C1CN(C(CCC)c2ccccc2)C2(CCC(C(C)(C)C)CC2)N1.C=O. The van der Waals surface area contributed by atoms with Crippen LogP contribution in [0.15, 0.2) is 65.7 Å². The molecule has 0 aromatic heterocycles. The molecule has 1 aromatic carbocycles. The fraction of sp³-hybridized carbons (Fsp3) is 0.567. The average Bonchev–Trinajstić information content (AvgIpc) is 3.16. The lowest BCUT2D eigenvalue weighted by atomic mass is 9.69. The molecule has 0 amide bonds. The van der Waals surface area contributed by atoms with Crippen molar-refractivity contribution in [1.82, 2.24) is 10.2 Å². The molecule has 3 nitrogen and oxygen atoms in total. The maximum Gasteiger partial charge on any atom is 0.106 e. The fourth-order valence-electron chi connectivity index (χ4n) is 5.92. The summed E-state index contributed by atoms with van der Waals surface area (Å²) in [5, 5.41) is 4.73. The van der Waals surface area contributed by atoms with Crippen molar-refractivity contribution < 1.29 is 4.79 Å². The van der Waals surface area contributed by atoms with Crippen LogP contribution in [0.25, 0.3) is 0 Å². The van der Waals surface area contributed by atoms with Crippen LogP contribution in [0.5, 0.6) is 0 Å². The van der Waals surface area contributed by atoms with Gasteiger partial charge in [0, 0.05) is 23.7 Å². The maximum atomic E-state index is 8.00. The summed E-state index contributed by atoms with van der Waals surface area (Å²) in [4.78, 5) is 10.8. The molecule has 188 valence electrons. The zero-order valence-electron chi connectivity index (χ0n) is 21.9. The normalized spacial score (nSPS) is 26.9. The standard InChI is InChI=1S/C29H43ClN2.CH2O/c1-7-12-24(20-22(3)30)26-21-32(27(13-8-2)23-14-10-9-11-15-23)29(31-26)18-16-25(17-19-29)28(4,5)6;1-2/h7,9-12,14-15,20,25-27,31H,3,8,13,16-19,21H2,1-2,4-6H3;1H2/b12-7-,24-20+;. The molecule has 2 unspecified atom stereocenters. The molecule has 1 saturated carbocycles. The second-order valence-electron chi connectivity index (χ2n) is 10.8. The predicted molar refractivity (Wildman–Crippen MR) is 147 cm³/mol. The number of hydrogen-bond donors (Lipinski definition) is 1. The van der Waals surface area contributed by atoms with Crippen LogP contribution in [-0.4, -0.2) is 29.9 Å². The predicted octanol–water partition coefficient (Wildman–Crippen LogP) is 7.80. The van der Waals surface area contributed by atoms with Crippen LogP contribution >= 0.6 is 11.6 Å². The van der Waals surface area contributed by atoms with Crippen molar-refractivity contribution >= 4 is 18.4 Å². The van der Waals surface area contributed by atoms with Crippen LogP contribution < -0.4 is 5.32 Å². The first-order chi connectivity index (χ1) is 16.2. The van der Waals surface area contributed by atoms with E-state index in [-0.39, 0.29) is 11.7 Å². The van der Waals surface area contributed by atoms with E-state index in [4.69, 9.17) is 16.4 Å². The van der Waals surface area contributed by atoms with E-state index in [0.29, 0.717) is 16.5 Å². The van der Waals surface area contributed by atoms with Crippen molar-refractivity contribution in [1.29, 1.82) is 0 Å². The third kappa shape index (κ3) is 6.93. The third-order valence-corrected chi connectivity index (χ3v) is 7.73. The van der Waals surface area contributed by atoms with E-state index in [1.54, 1.807) is 0 Å². The summed E-state index contributed by atoms with van der Waals surface area (Å²) in [6.45, 7) is 18.5. The molecule has 1 aliphatic heterocycles. The molecule has 1 saturated heterocycles. The molecule has 0 radical (unpaired) electrons. The Morgan fingerprint density at radius 2 is 1.85 bits per heavy atom.